The summed E-state index contributed by atoms with van der Waals surface area (Å²) in [7, 11) is 0. The lowest BCUT2D eigenvalue weighted by Crippen LogP contribution is -2.31. The molecule has 0 bridgehead atoms. The number of hydrogen-bond donors (Lipinski definition) is 1. The van der Waals surface area contributed by atoms with Crippen LogP contribution in [-0.2, 0) is 9.53 Å². The third kappa shape index (κ3) is 4.51. The van der Waals surface area contributed by atoms with Crippen LogP contribution in [0.3, 0.4) is 0 Å². The molecule has 0 saturated carbocycles. The van der Waals surface area contributed by atoms with Crippen molar-refractivity contribution < 1.29 is 28.7 Å². The fourth-order valence-corrected chi connectivity index (χ4v) is 4.06. The molecule has 0 unspecified atom stereocenters. The number of ketones is 2. The molecule has 0 fully saturated rings. The fraction of sp³-hybridized carbons (Fsp3) is 0.318. The highest BCUT2D eigenvalue weighted by molar-refractivity contribution is 9.10. The van der Waals surface area contributed by atoms with Crippen LogP contribution in [0.25, 0.3) is 0 Å². The highest BCUT2D eigenvalue weighted by Gasteiger charge is 2.35. The van der Waals surface area contributed by atoms with Crippen molar-refractivity contribution in [2.45, 2.75) is 33.6 Å². The summed E-state index contributed by atoms with van der Waals surface area (Å²) in [6.45, 7) is 4.40. The van der Waals surface area contributed by atoms with Crippen molar-refractivity contribution in [3.05, 3.63) is 56.3 Å². The third-order valence-electron chi connectivity index (χ3n) is 5.13. The van der Waals surface area contributed by atoms with E-state index in [1.165, 1.54) is 6.92 Å². The maximum Gasteiger partial charge on any atom is 0.306 e. The molecule has 0 saturated heterocycles. The number of carbonyl (C=O) groups is 5. The SMILES string of the molecule is CC(=O)c1c(C)[nH]c(C(=O)COC(=O)CCCN2C(=O)c3ccc(Br)cc3C2=O)c1C. The number of benzene rings is 1. The lowest BCUT2D eigenvalue weighted by Gasteiger charge is -2.13. The van der Waals surface area contributed by atoms with Crippen molar-refractivity contribution in [1.29, 1.82) is 0 Å². The number of imide groups is 1. The predicted octanol–water partition coefficient (Wildman–Crippen LogP) is 3.40. The Kier molecular flexibility index (Phi) is 6.54. The molecular weight excluding hydrogens is 468 g/mol. The number of rotatable bonds is 8. The van der Waals surface area contributed by atoms with Gasteiger partial charge in [-0.2, -0.15) is 0 Å². The normalized spacial score (nSPS) is 12.8. The van der Waals surface area contributed by atoms with Gasteiger partial charge in [0.25, 0.3) is 11.8 Å². The van der Waals surface area contributed by atoms with Gasteiger partial charge in [0.05, 0.1) is 16.8 Å². The smallest absolute Gasteiger partial charge is 0.306 e. The molecular formula is C22H21BrN2O6. The maximum atomic E-state index is 12.4. The van der Waals surface area contributed by atoms with Gasteiger partial charge in [0.1, 0.15) is 0 Å². The molecule has 2 amide bonds. The van der Waals surface area contributed by atoms with Crippen molar-refractivity contribution in [2.75, 3.05) is 13.2 Å². The first kappa shape index (κ1) is 22.6. The monoisotopic (exact) mass is 488 g/mol. The second-order valence-corrected chi connectivity index (χ2v) is 8.24. The van der Waals surface area contributed by atoms with E-state index in [0.717, 1.165) is 4.90 Å². The molecule has 0 radical (unpaired) electrons. The number of nitrogens with zero attached hydrogens (tertiary/aromatic N) is 1. The second-order valence-electron chi connectivity index (χ2n) is 7.32. The first-order valence-electron chi connectivity index (χ1n) is 9.66. The first-order valence-corrected chi connectivity index (χ1v) is 10.5. The Balaban J connectivity index is 1.50. The van der Waals surface area contributed by atoms with Crippen LogP contribution in [0.15, 0.2) is 22.7 Å². The summed E-state index contributed by atoms with van der Waals surface area (Å²) in [5.41, 5.74) is 2.49. The van der Waals surface area contributed by atoms with Crippen molar-refractivity contribution in [2.24, 2.45) is 0 Å². The highest BCUT2D eigenvalue weighted by Crippen LogP contribution is 2.26. The van der Waals surface area contributed by atoms with Crippen LogP contribution in [-0.4, -0.2) is 52.4 Å². The van der Waals surface area contributed by atoms with E-state index in [9.17, 15) is 24.0 Å². The lowest BCUT2D eigenvalue weighted by atomic mass is 10.1. The molecule has 162 valence electrons. The van der Waals surface area contributed by atoms with Crippen LogP contribution in [0.5, 0.6) is 0 Å². The van der Waals surface area contributed by atoms with E-state index in [-0.39, 0.29) is 30.9 Å². The number of fused-ring (bicyclic) bond motifs is 1. The van der Waals surface area contributed by atoms with E-state index in [1.807, 2.05) is 0 Å². The third-order valence-corrected chi connectivity index (χ3v) is 5.62. The van der Waals surface area contributed by atoms with Gasteiger partial charge in [0.15, 0.2) is 12.4 Å². The van der Waals surface area contributed by atoms with Gasteiger partial charge in [-0.25, -0.2) is 0 Å². The number of carbonyl (C=O) groups excluding carboxylic acids is 5. The zero-order chi connectivity index (χ0) is 22.9. The van der Waals surface area contributed by atoms with E-state index in [0.29, 0.717) is 32.4 Å². The average molecular weight is 489 g/mol. The van der Waals surface area contributed by atoms with E-state index in [1.54, 1.807) is 32.0 Å². The standard InChI is InChI=1S/C22H21BrN2O6/c1-11-19(13(3)26)12(2)24-20(11)17(27)10-31-18(28)5-4-8-25-21(29)15-7-6-14(23)9-16(15)22(25)30/h6-7,9,24H,4-5,8,10H2,1-3H3. The van der Waals surface area contributed by atoms with Crippen LogP contribution in [0, 0.1) is 13.8 Å². The Morgan fingerprint density at radius 2 is 1.77 bits per heavy atom. The summed E-state index contributed by atoms with van der Waals surface area (Å²) in [6, 6.07) is 4.87. The van der Waals surface area contributed by atoms with Crippen LogP contribution < -0.4 is 0 Å². The zero-order valence-corrected chi connectivity index (χ0v) is 18.9. The summed E-state index contributed by atoms with van der Waals surface area (Å²) in [4.78, 5) is 64.8. The average Bonchev–Trinajstić information content (AvgIpc) is 3.13. The van der Waals surface area contributed by atoms with E-state index < -0.39 is 30.2 Å². The Morgan fingerprint density at radius 1 is 1.10 bits per heavy atom. The second kappa shape index (κ2) is 8.97. The van der Waals surface area contributed by atoms with Crippen LogP contribution in [0.1, 0.15) is 72.6 Å². The number of aromatic amines is 1. The van der Waals surface area contributed by atoms with Gasteiger partial charge in [-0.1, -0.05) is 15.9 Å². The molecule has 1 aliphatic heterocycles. The summed E-state index contributed by atoms with van der Waals surface area (Å²) in [5.74, 6) is -1.99. The quantitative estimate of drug-likeness (QED) is 0.346. The Labute approximate surface area is 187 Å². The number of Topliss-reactive ketones (excluding diaryl/α,β-unsaturated/α-hetero) is 2. The molecule has 1 aliphatic rings. The number of aromatic nitrogens is 1. The first-order chi connectivity index (χ1) is 14.6. The molecule has 0 aliphatic carbocycles. The van der Waals surface area contributed by atoms with E-state index in [4.69, 9.17) is 4.74 Å². The number of H-pyrrole nitrogens is 1. The number of esters is 1. The van der Waals surface area contributed by atoms with Crippen molar-refractivity contribution >= 4 is 45.3 Å². The van der Waals surface area contributed by atoms with Crippen LogP contribution in [0.2, 0.25) is 0 Å². The van der Waals surface area contributed by atoms with Gasteiger partial charge in [-0.3, -0.25) is 28.9 Å². The lowest BCUT2D eigenvalue weighted by molar-refractivity contribution is -0.142. The number of amides is 2. The number of ether oxygens (including phenoxy) is 1. The molecule has 2 heterocycles. The highest BCUT2D eigenvalue weighted by atomic mass is 79.9. The summed E-state index contributed by atoms with van der Waals surface area (Å²) in [5, 5.41) is 0. The minimum absolute atomic E-state index is 0.0498. The molecule has 2 aromatic rings. The van der Waals surface area contributed by atoms with Gasteiger partial charge >= 0.3 is 5.97 Å². The summed E-state index contributed by atoms with van der Waals surface area (Å²) < 4.78 is 5.73. The largest absolute Gasteiger partial charge is 0.457 e. The molecule has 1 aromatic heterocycles. The molecule has 31 heavy (non-hydrogen) atoms. The minimum atomic E-state index is -0.611. The van der Waals surface area contributed by atoms with Crippen molar-refractivity contribution in [1.82, 2.24) is 9.88 Å². The van der Waals surface area contributed by atoms with E-state index >= 15 is 0 Å². The fourth-order valence-electron chi connectivity index (χ4n) is 3.69. The van der Waals surface area contributed by atoms with Gasteiger partial charge < -0.3 is 9.72 Å². The number of nitrogens with one attached hydrogen (secondary N) is 1. The molecule has 8 nitrogen and oxygen atoms in total. The van der Waals surface area contributed by atoms with Crippen molar-refractivity contribution in [3.63, 3.8) is 0 Å². The number of aryl methyl sites for hydroxylation is 1. The Hall–Kier alpha value is -3.07. The number of halogens is 1. The molecule has 1 aromatic carbocycles. The van der Waals surface area contributed by atoms with Gasteiger partial charge in [-0.15, -0.1) is 0 Å². The molecule has 0 spiro atoms. The van der Waals surface area contributed by atoms with Gasteiger partial charge in [0.2, 0.25) is 5.78 Å². The molecule has 3 rings (SSSR count). The van der Waals surface area contributed by atoms with Crippen molar-refractivity contribution in [3.8, 4) is 0 Å². The topological polar surface area (TPSA) is 114 Å². The van der Waals surface area contributed by atoms with Crippen LogP contribution in [0.4, 0.5) is 0 Å². The van der Waals surface area contributed by atoms with Gasteiger partial charge in [-0.05, 0) is 51.0 Å². The molecule has 0 atom stereocenters. The summed E-state index contributed by atoms with van der Waals surface area (Å²) in [6.07, 6.45) is 0.167. The van der Waals surface area contributed by atoms with E-state index in [2.05, 4.69) is 20.9 Å². The Morgan fingerprint density at radius 3 is 2.42 bits per heavy atom. The number of hydrogen-bond acceptors (Lipinski definition) is 6. The van der Waals surface area contributed by atoms with Crippen LogP contribution >= 0.6 is 15.9 Å². The maximum absolute atomic E-state index is 12.4. The van der Waals surface area contributed by atoms with Gasteiger partial charge in [0, 0.05) is 28.7 Å². The summed E-state index contributed by atoms with van der Waals surface area (Å²) >= 11 is 3.28. The molecule has 1 N–H and O–H groups in total. The molecule has 9 heteroatoms. The predicted molar refractivity (Wildman–Crippen MR) is 114 cm³/mol. The Bertz CT molecular complexity index is 1120. The minimum Gasteiger partial charge on any atom is -0.457 e. The zero-order valence-electron chi connectivity index (χ0n) is 17.3.